The van der Waals surface area contributed by atoms with Crippen LogP contribution in [0.3, 0.4) is 0 Å². The van der Waals surface area contributed by atoms with Crippen LogP contribution < -0.4 is 4.74 Å². The smallest absolute Gasteiger partial charge is 0.336 e. The van der Waals surface area contributed by atoms with Crippen molar-refractivity contribution in [3.05, 3.63) is 115 Å². The zero-order chi connectivity index (χ0) is 21.9. The Morgan fingerprint density at radius 2 is 1.25 bits per heavy atom. The Bertz CT molecular complexity index is 1460. The number of carbonyl (C=O) groups is 1. The van der Waals surface area contributed by atoms with Crippen LogP contribution in [0.4, 0.5) is 0 Å². The number of fused-ring (bicyclic) bond motifs is 2. The second-order valence-electron chi connectivity index (χ2n) is 7.51. The highest BCUT2D eigenvalue weighted by Gasteiger charge is 2.15. The average molecular weight is 416 g/mol. The van der Waals surface area contributed by atoms with Gasteiger partial charge in [-0.3, -0.25) is 0 Å². The number of hydrogen-bond acceptors (Lipinski definition) is 3. The molecule has 0 atom stereocenters. The number of phenolic OH excluding ortho intramolecular Hbond substituents is 1. The lowest BCUT2D eigenvalue weighted by Crippen LogP contribution is -2.04. The summed E-state index contributed by atoms with van der Waals surface area (Å²) in [7, 11) is 0. The monoisotopic (exact) mass is 416 g/mol. The van der Waals surface area contributed by atoms with Crippen LogP contribution in [0.1, 0.15) is 5.56 Å². The summed E-state index contributed by atoms with van der Waals surface area (Å²) in [6, 6.07) is 32.6. The standard InChI is InChI=1S/C29H20O3/c30-25-16-6-12-21-10-4-14-23(28(21)25)24-15-5-11-22-13-7-17-26(29(22)24)32-27(31)19-18-20-8-2-1-3-9-20/h1-19,30H/b19-18+. The molecule has 32 heavy (non-hydrogen) atoms. The van der Waals surface area contributed by atoms with Gasteiger partial charge in [-0.2, -0.15) is 0 Å². The van der Waals surface area contributed by atoms with Gasteiger partial charge in [0.1, 0.15) is 11.5 Å². The van der Waals surface area contributed by atoms with Gasteiger partial charge in [-0.05, 0) is 45.7 Å². The SMILES string of the molecule is O=C(/C=C/c1ccccc1)Oc1cccc2cccc(-c3cccc4cccc(O)c34)c12. The van der Waals surface area contributed by atoms with E-state index >= 15 is 0 Å². The van der Waals surface area contributed by atoms with Gasteiger partial charge in [-0.25, -0.2) is 4.79 Å². The van der Waals surface area contributed by atoms with Crippen molar-refractivity contribution in [3.63, 3.8) is 0 Å². The zero-order valence-corrected chi connectivity index (χ0v) is 17.2. The molecule has 0 fully saturated rings. The van der Waals surface area contributed by atoms with Crippen LogP contribution in [0, 0.1) is 0 Å². The second-order valence-corrected chi connectivity index (χ2v) is 7.51. The fourth-order valence-electron chi connectivity index (χ4n) is 4.03. The molecule has 0 saturated heterocycles. The molecule has 0 aliphatic carbocycles. The zero-order valence-electron chi connectivity index (χ0n) is 17.2. The quantitative estimate of drug-likeness (QED) is 0.195. The van der Waals surface area contributed by atoms with E-state index in [-0.39, 0.29) is 5.75 Å². The molecule has 0 aliphatic heterocycles. The Morgan fingerprint density at radius 3 is 1.97 bits per heavy atom. The number of carbonyl (C=O) groups excluding carboxylic acids is 1. The van der Waals surface area contributed by atoms with Gasteiger partial charge in [0.2, 0.25) is 0 Å². The second kappa shape index (κ2) is 8.40. The summed E-state index contributed by atoms with van der Waals surface area (Å²) >= 11 is 0. The Morgan fingerprint density at radius 1 is 0.656 bits per heavy atom. The van der Waals surface area contributed by atoms with E-state index in [2.05, 4.69) is 0 Å². The number of esters is 1. The van der Waals surface area contributed by atoms with Gasteiger partial charge < -0.3 is 9.84 Å². The van der Waals surface area contributed by atoms with E-state index in [0.29, 0.717) is 5.75 Å². The Kier molecular flexibility index (Phi) is 5.14. The third kappa shape index (κ3) is 3.72. The molecule has 154 valence electrons. The van der Waals surface area contributed by atoms with Crippen molar-refractivity contribution >= 4 is 33.6 Å². The molecule has 5 aromatic carbocycles. The van der Waals surface area contributed by atoms with E-state index in [1.807, 2.05) is 91.0 Å². The minimum absolute atomic E-state index is 0.218. The maximum absolute atomic E-state index is 12.6. The Hall–Kier alpha value is -4.37. The van der Waals surface area contributed by atoms with E-state index in [4.69, 9.17) is 4.74 Å². The first kappa shape index (κ1) is 19.6. The summed E-state index contributed by atoms with van der Waals surface area (Å²) in [5, 5.41) is 14.1. The van der Waals surface area contributed by atoms with Gasteiger partial charge in [-0.1, -0.05) is 91.0 Å². The summed E-state index contributed by atoms with van der Waals surface area (Å²) in [4.78, 5) is 12.6. The molecule has 0 amide bonds. The highest BCUT2D eigenvalue weighted by molar-refractivity contribution is 6.10. The number of ether oxygens (including phenoxy) is 1. The van der Waals surface area contributed by atoms with Crippen LogP contribution >= 0.6 is 0 Å². The topological polar surface area (TPSA) is 46.5 Å². The molecule has 0 aliphatic rings. The molecule has 0 unspecified atom stereocenters. The highest BCUT2D eigenvalue weighted by atomic mass is 16.5. The maximum atomic E-state index is 12.6. The molecule has 0 saturated carbocycles. The van der Waals surface area contributed by atoms with Gasteiger partial charge in [0.05, 0.1) is 0 Å². The van der Waals surface area contributed by atoms with Crippen LogP contribution in [-0.4, -0.2) is 11.1 Å². The largest absolute Gasteiger partial charge is 0.507 e. The van der Waals surface area contributed by atoms with E-state index in [1.54, 1.807) is 18.2 Å². The van der Waals surface area contributed by atoms with Crippen molar-refractivity contribution in [1.29, 1.82) is 0 Å². The van der Waals surface area contributed by atoms with Crippen LogP contribution in [0.5, 0.6) is 11.5 Å². The molecule has 0 spiro atoms. The lowest BCUT2D eigenvalue weighted by Gasteiger charge is -2.14. The van der Waals surface area contributed by atoms with Crippen LogP contribution in [0.15, 0.2) is 109 Å². The van der Waals surface area contributed by atoms with Crippen molar-refractivity contribution in [1.82, 2.24) is 0 Å². The van der Waals surface area contributed by atoms with Crippen LogP contribution in [0.2, 0.25) is 0 Å². The molecule has 0 radical (unpaired) electrons. The Labute approximate surface area is 185 Å². The third-order valence-electron chi connectivity index (χ3n) is 5.46. The molecule has 0 aromatic heterocycles. The third-order valence-corrected chi connectivity index (χ3v) is 5.46. The van der Waals surface area contributed by atoms with Crippen LogP contribution in [0.25, 0.3) is 38.7 Å². The normalized spacial score (nSPS) is 11.2. The molecular formula is C29H20O3. The molecule has 0 heterocycles. The Balaban J connectivity index is 1.61. The average Bonchev–Trinajstić information content (AvgIpc) is 2.83. The van der Waals surface area contributed by atoms with Gasteiger partial charge in [-0.15, -0.1) is 0 Å². The predicted molar refractivity (Wildman–Crippen MR) is 130 cm³/mol. The lowest BCUT2D eigenvalue weighted by molar-refractivity contribution is -0.128. The first-order chi connectivity index (χ1) is 15.7. The summed E-state index contributed by atoms with van der Waals surface area (Å²) in [6.45, 7) is 0. The van der Waals surface area contributed by atoms with Crippen molar-refractivity contribution in [2.75, 3.05) is 0 Å². The van der Waals surface area contributed by atoms with E-state index in [1.165, 1.54) is 6.08 Å². The van der Waals surface area contributed by atoms with Crippen molar-refractivity contribution in [3.8, 4) is 22.6 Å². The van der Waals surface area contributed by atoms with Gasteiger partial charge in [0.15, 0.2) is 0 Å². The summed E-state index contributed by atoms with van der Waals surface area (Å²) in [5.41, 5.74) is 2.70. The van der Waals surface area contributed by atoms with Crippen molar-refractivity contribution in [2.45, 2.75) is 0 Å². The van der Waals surface area contributed by atoms with Gasteiger partial charge in [0, 0.05) is 16.8 Å². The molecule has 1 N–H and O–H groups in total. The molecule has 3 heteroatoms. The fourth-order valence-corrected chi connectivity index (χ4v) is 4.03. The van der Waals surface area contributed by atoms with Crippen molar-refractivity contribution < 1.29 is 14.6 Å². The number of rotatable bonds is 4. The number of hydrogen-bond donors (Lipinski definition) is 1. The molecule has 5 rings (SSSR count). The lowest BCUT2D eigenvalue weighted by atomic mass is 9.93. The van der Waals surface area contributed by atoms with E-state index in [9.17, 15) is 9.90 Å². The number of benzene rings is 5. The number of aromatic hydroxyl groups is 1. The maximum Gasteiger partial charge on any atom is 0.336 e. The summed E-state index contributed by atoms with van der Waals surface area (Å²) < 4.78 is 5.77. The van der Waals surface area contributed by atoms with Crippen LogP contribution in [-0.2, 0) is 4.79 Å². The van der Waals surface area contributed by atoms with Gasteiger partial charge >= 0.3 is 5.97 Å². The first-order valence-electron chi connectivity index (χ1n) is 10.4. The molecular weight excluding hydrogens is 396 g/mol. The summed E-state index contributed by atoms with van der Waals surface area (Å²) in [6.07, 6.45) is 3.16. The highest BCUT2D eigenvalue weighted by Crippen LogP contribution is 2.40. The minimum Gasteiger partial charge on any atom is -0.507 e. The predicted octanol–water partition coefficient (Wildman–Crippen LogP) is 6.98. The van der Waals surface area contributed by atoms with E-state index in [0.717, 1.165) is 38.2 Å². The minimum atomic E-state index is -0.447. The summed E-state index contributed by atoms with van der Waals surface area (Å²) in [5.74, 6) is 0.250. The molecule has 3 nitrogen and oxygen atoms in total. The first-order valence-corrected chi connectivity index (χ1v) is 10.4. The van der Waals surface area contributed by atoms with E-state index < -0.39 is 5.97 Å². The number of phenols is 1. The fraction of sp³-hybridized carbons (Fsp3) is 0. The molecule has 5 aromatic rings. The van der Waals surface area contributed by atoms with Gasteiger partial charge in [0.25, 0.3) is 0 Å². The molecule has 0 bridgehead atoms. The van der Waals surface area contributed by atoms with Crippen molar-refractivity contribution in [2.24, 2.45) is 0 Å².